The lowest BCUT2D eigenvalue weighted by Gasteiger charge is -2.19. The summed E-state index contributed by atoms with van der Waals surface area (Å²) in [5.41, 5.74) is -1.29. The Bertz CT molecular complexity index is 955. The minimum absolute atomic E-state index is 0.0190. The highest BCUT2D eigenvalue weighted by Gasteiger charge is 2.25. The molecule has 2 rings (SSSR count). The zero-order chi connectivity index (χ0) is 20.5. The molecule has 0 radical (unpaired) electrons. The van der Waals surface area contributed by atoms with Gasteiger partial charge in [0.15, 0.2) is 17.3 Å². The third-order valence-electron chi connectivity index (χ3n) is 4.24. The maximum absolute atomic E-state index is 12.3. The van der Waals surface area contributed by atoms with Gasteiger partial charge in [-0.3, -0.25) is 29.3 Å². The quantitative estimate of drug-likeness (QED) is 0.488. The topological polar surface area (TPSA) is 148 Å². The molecule has 2 aromatic heterocycles. The lowest BCUT2D eigenvalue weighted by Crippen LogP contribution is -2.31. The van der Waals surface area contributed by atoms with E-state index in [9.17, 15) is 19.5 Å². The zero-order valence-electron chi connectivity index (χ0n) is 16.2. The second-order valence-electron chi connectivity index (χ2n) is 6.83. The molecule has 0 saturated heterocycles. The van der Waals surface area contributed by atoms with Crippen molar-refractivity contribution >= 4 is 23.1 Å². The van der Waals surface area contributed by atoms with Crippen molar-refractivity contribution in [2.75, 3.05) is 24.7 Å². The lowest BCUT2D eigenvalue weighted by atomic mass is 10.1. The fraction of sp³-hybridized carbons (Fsp3) is 0.500. The number of amides is 1. The summed E-state index contributed by atoms with van der Waals surface area (Å²) in [6.45, 7) is 5.81. The SMILES string of the molecule is CC(C)C(C)Nc1c(Nc2nn(C)c(C(=O)N(C)C)c2O)c(=O)[nH][nH]c1=O. The number of nitrogens with one attached hydrogen (secondary N) is 4. The van der Waals surface area contributed by atoms with Gasteiger partial charge in [0, 0.05) is 27.2 Å². The van der Waals surface area contributed by atoms with Crippen molar-refractivity contribution in [3.05, 3.63) is 26.4 Å². The molecule has 0 aliphatic carbocycles. The Morgan fingerprint density at radius 1 is 1.15 bits per heavy atom. The van der Waals surface area contributed by atoms with Crippen LogP contribution < -0.4 is 21.8 Å². The molecule has 1 amide bonds. The first-order valence-electron chi connectivity index (χ1n) is 8.40. The van der Waals surface area contributed by atoms with Crippen molar-refractivity contribution in [1.82, 2.24) is 24.9 Å². The summed E-state index contributed by atoms with van der Waals surface area (Å²) in [4.78, 5) is 38.0. The van der Waals surface area contributed by atoms with E-state index in [0.29, 0.717) is 0 Å². The summed E-state index contributed by atoms with van der Waals surface area (Å²) in [7, 11) is 4.57. The van der Waals surface area contributed by atoms with Crippen molar-refractivity contribution in [2.24, 2.45) is 13.0 Å². The number of anilines is 3. The van der Waals surface area contributed by atoms with Crippen LogP contribution in [0.4, 0.5) is 17.2 Å². The molecule has 1 unspecified atom stereocenters. The van der Waals surface area contributed by atoms with Crippen LogP contribution in [0.25, 0.3) is 0 Å². The van der Waals surface area contributed by atoms with E-state index < -0.39 is 22.8 Å². The van der Waals surface area contributed by atoms with Gasteiger partial charge in [0.25, 0.3) is 17.0 Å². The number of hydrogen-bond acceptors (Lipinski definition) is 7. The van der Waals surface area contributed by atoms with Gasteiger partial charge in [-0.2, -0.15) is 5.10 Å². The smallest absolute Gasteiger partial charge is 0.288 e. The molecule has 0 spiro atoms. The maximum Gasteiger partial charge on any atom is 0.288 e. The number of H-pyrrole nitrogens is 2. The number of aryl methyl sites for hydroxylation is 1. The van der Waals surface area contributed by atoms with Gasteiger partial charge in [0.05, 0.1) is 0 Å². The van der Waals surface area contributed by atoms with Gasteiger partial charge in [-0.15, -0.1) is 0 Å². The molecule has 148 valence electrons. The fourth-order valence-electron chi connectivity index (χ4n) is 2.28. The van der Waals surface area contributed by atoms with Crippen LogP contribution in [-0.2, 0) is 7.05 Å². The average molecular weight is 379 g/mol. The fourth-order valence-corrected chi connectivity index (χ4v) is 2.28. The molecule has 0 fully saturated rings. The van der Waals surface area contributed by atoms with Gasteiger partial charge in [-0.25, -0.2) is 0 Å². The Morgan fingerprint density at radius 3 is 2.22 bits per heavy atom. The van der Waals surface area contributed by atoms with E-state index in [2.05, 4.69) is 25.9 Å². The molecule has 5 N–H and O–H groups in total. The van der Waals surface area contributed by atoms with Gasteiger partial charge < -0.3 is 20.6 Å². The molecular weight excluding hydrogens is 354 g/mol. The molecule has 0 aliphatic rings. The van der Waals surface area contributed by atoms with Crippen LogP contribution in [0.5, 0.6) is 5.75 Å². The van der Waals surface area contributed by atoms with Gasteiger partial charge in [0.1, 0.15) is 11.4 Å². The van der Waals surface area contributed by atoms with Crippen LogP contribution >= 0.6 is 0 Å². The number of carbonyl (C=O) groups is 1. The van der Waals surface area contributed by atoms with E-state index in [4.69, 9.17) is 0 Å². The third-order valence-corrected chi connectivity index (χ3v) is 4.24. The summed E-state index contributed by atoms with van der Waals surface area (Å²) in [6, 6.07) is -0.100. The Balaban J connectivity index is 2.51. The van der Waals surface area contributed by atoms with Crippen molar-refractivity contribution in [1.29, 1.82) is 0 Å². The number of aromatic hydroxyl groups is 1. The van der Waals surface area contributed by atoms with Gasteiger partial charge >= 0.3 is 0 Å². The summed E-state index contributed by atoms with van der Waals surface area (Å²) in [5.74, 6) is -0.788. The van der Waals surface area contributed by atoms with Gasteiger partial charge in [-0.1, -0.05) is 13.8 Å². The van der Waals surface area contributed by atoms with E-state index in [0.717, 1.165) is 0 Å². The number of nitrogens with zero attached hydrogens (tertiary/aromatic N) is 3. The number of rotatable bonds is 6. The lowest BCUT2D eigenvalue weighted by molar-refractivity contribution is 0.0814. The van der Waals surface area contributed by atoms with E-state index >= 15 is 0 Å². The van der Waals surface area contributed by atoms with Gasteiger partial charge in [-0.05, 0) is 12.8 Å². The average Bonchev–Trinajstić information content (AvgIpc) is 2.86. The van der Waals surface area contributed by atoms with Crippen LogP contribution in [0.1, 0.15) is 31.3 Å². The van der Waals surface area contributed by atoms with E-state index in [1.54, 1.807) is 14.1 Å². The van der Waals surface area contributed by atoms with Crippen LogP contribution in [0.2, 0.25) is 0 Å². The van der Waals surface area contributed by atoms with E-state index in [1.165, 1.54) is 16.6 Å². The van der Waals surface area contributed by atoms with Crippen LogP contribution in [-0.4, -0.2) is 56.0 Å². The van der Waals surface area contributed by atoms with Crippen molar-refractivity contribution in [3.63, 3.8) is 0 Å². The highest BCUT2D eigenvalue weighted by atomic mass is 16.3. The molecule has 0 bridgehead atoms. The normalized spacial score (nSPS) is 12.1. The zero-order valence-corrected chi connectivity index (χ0v) is 16.2. The van der Waals surface area contributed by atoms with Crippen LogP contribution in [0.15, 0.2) is 9.59 Å². The molecule has 1 atom stereocenters. The summed E-state index contributed by atoms with van der Waals surface area (Å²) >= 11 is 0. The molecule has 0 aromatic carbocycles. The highest BCUT2D eigenvalue weighted by molar-refractivity contribution is 5.97. The van der Waals surface area contributed by atoms with E-state index in [-0.39, 0.29) is 34.8 Å². The van der Waals surface area contributed by atoms with Crippen LogP contribution in [0, 0.1) is 5.92 Å². The molecule has 27 heavy (non-hydrogen) atoms. The summed E-state index contributed by atoms with van der Waals surface area (Å²) in [6.07, 6.45) is 0. The van der Waals surface area contributed by atoms with Gasteiger partial charge in [0.2, 0.25) is 0 Å². The molecule has 0 saturated carbocycles. The second kappa shape index (κ2) is 7.56. The first-order chi connectivity index (χ1) is 12.5. The minimum Gasteiger partial charge on any atom is -0.503 e. The predicted octanol–water partition coefficient (Wildman–Crippen LogP) is 0.404. The van der Waals surface area contributed by atoms with Crippen LogP contribution in [0.3, 0.4) is 0 Å². The largest absolute Gasteiger partial charge is 0.503 e. The number of aromatic nitrogens is 4. The van der Waals surface area contributed by atoms with Crippen molar-refractivity contribution in [2.45, 2.75) is 26.8 Å². The molecule has 0 aliphatic heterocycles. The first-order valence-corrected chi connectivity index (χ1v) is 8.40. The summed E-state index contributed by atoms with van der Waals surface area (Å²) < 4.78 is 1.20. The molecule has 2 heterocycles. The van der Waals surface area contributed by atoms with Crippen molar-refractivity contribution < 1.29 is 9.90 Å². The van der Waals surface area contributed by atoms with Crippen molar-refractivity contribution in [3.8, 4) is 5.75 Å². The Kier molecular flexibility index (Phi) is 5.62. The molecule has 11 nitrogen and oxygen atoms in total. The highest BCUT2D eigenvalue weighted by Crippen LogP contribution is 2.30. The number of aromatic amines is 2. The Hall–Kier alpha value is -3.24. The molecule has 11 heteroatoms. The Labute approximate surface area is 155 Å². The molecular formula is C16H25N7O4. The monoisotopic (exact) mass is 379 g/mol. The molecule has 2 aromatic rings. The third kappa shape index (κ3) is 3.96. The number of hydrogen-bond donors (Lipinski definition) is 5. The van der Waals surface area contributed by atoms with E-state index in [1.807, 2.05) is 20.8 Å². The standard InChI is InChI=1S/C16H25N7O4/c1-7(2)8(3)17-9-10(15(26)20-19-14(9)25)18-13-12(24)11(23(6)21-13)16(27)22(4)5/h7-8,24H,1-6H3,(H2,17,20,26)(H2,18,19,21,25). The predicted molar refractivity (Wildman–Crippen MR) is 102 cm³/mol. The maximum atomic E-state index is 12.3. The number of carbonyl (C=O) groups excluding carboxylic acids is 1. The first kappa shape index (κ1) is 20.1. The second-order valence-corrected chi connectivity index (χ2v) is 6.83. The minimum atomic E-state index is -0.612. The summed E-state index contributed by atoms with van der Waals surface area (Å²) in [5, 5.41) is 24.6. The Morgan fingerprint density at radius 2 is 1.70 bits per heavy atom.